The molecule has 0 aromatic heterocycles. The van der Waals surface area contributed by atoms with Crippen LogP contribution < -0.4 is 0 Å². The van der Waals surface area contributed by atoms with E-state index >= 15 is 0 Å². The maximum Gasteiger partial charge on any atom is 0.410 e. The number of aliphatic hydroxyl groups excluding tert-OH is 2. The molecule has 1 saturated heterocycles. The van der Waals surface area contributed by atoms with Crippen molar-refractivity contribution in [3.05, 3.63) is 35.9 Å². The van der Waals surface area contributed by atoms with E-state index in [1.165, 1.54) is 4.90 Å². The summed E-state index contributed by atoms with van der Waals surface area (Å²) in [5.74, 6) is -0.978. The van der Waals surface area contributed by atoms with Gasteiger partial charge in [0.15, 0.2) is 6.10 Å². The molecular weight excluding hydrogens is 378 g/mol. The van der Waals surface area contributed by atoms with Gasteiger partial charge in [0.2, 0.25) is 0 Å². The monoisotopic (exact) mass is 409 g/mol. The van der Waals surface area contributed by atoms with Gasteiger partial charge in [0.05, 0.1) is 25.9 Å². The van der Waals surface area contributed by atoms with Crippen LogP contribution in [0.1, 0.15) is 39.2 Å². The molecule has 0 saturated carbocycles. The average Bonchev–Trinajstić information content (AvgIpc) is 2.69. The van der Waals surface area contributed by atoms with E-state index in [0.717, 1.165) is 12.7 Å². The van der Waals surface area contributed by atoms with Gasteiger partial charge in [0.25, 0.3) is 0 Å². The summed E-state index contributed by atoms with van der Waals surface area (Å²) in [7, 11) is 1.12. The van der Waals surface area contributed by atoms with Crippen molar-refractivity contribution in [3.63, 3.8) is 0 Å². The van der Waals surface area contributed by atoms with Crippen LogP contribution >= 0.6 is 0 Å². The fourth-order valence-corrected chi connectivity index (χ4v) is 3.33. The molecule has 2 rings (SSSR count). The average molecular weight is 409 g/mol. The summed E-state index contributed by atoms with van der Waals surface area (Å²) in [4.78, 5) is 25.9. The third kappa shape index (κ3) is 6.42. The molecule has 0 aliphatic carbocycles. The first-order chi connectivity index (χ1) is 13.6. The van der Waals surface area contributed by atoms with E-state index in [2.05, 4.69) is 4.74 Å². The van der Waals surface area contributed by atoms with Crippen LogP contribution in [0.2, 0.25) is 0 Å². The Bertz CT molecular complexity index is 673. The summed E-state index contributed by atoms with van der Waals surface area (Å²) in [6.07, 6.45) is -3.43. The lowest BCUT2D eigenvalue weighted by Crippen LogP contribution is -2.61. The predicted molar refractivity (Wildman–Crippen MR) is 105 cm³/mol. The molecule has 0 radical (unpaired) electrons. The summed E-state index contributed by atoms with van der Waals surface area (Å²) < 4.78 is 16.0. The molecule has 0 unspecified atom stereocenters. The number of esters is 1. The molecule has 162 valence electrons. The SMILES string of the molecule is COC(=O)[C@@H](O)[C@@H](O)[C@H]1[C@H](OCc2ccccc2)CCCN1C(=O)OC(C)(C)C. The minimum absolute atomic E-state index is 0.269. The molecule has 2 N–H and O–H groups in total. The standard InChI is InChI=1S/C21H31NO7/c1-21(2,3)29-20(26)22-12-8-11-15(28-13-14-9-6-5-7-10-14)16(22)17(23)18(24)19(25)27-4/h5-7,9-10,15-18,23-24H,8,11-13H2,1-4H3/t15-,16-,17+,18+/m1/s1. The number of aliphatic hydroxyl groups is 2. The highest BCUT2D eigenvalue weighted by Gasteiger charge is 2.45. The van der Waals surface area contributed by atoms with E-state index in [1.54, 1.807) is 20.8 Å². The normalized spacial score (nSPS) is 21.9. The lowest BCUT2D eigenvalue weighted by Gasteiger charge is -2.44. The number of rotatable bonds is 6. The van der Waals surface area contributed by atoms with Crippen LogP contribution in [0, 0.1) is 0 Å². The molecule has 1 aliphatic heterocycles. The van der Waals surface area contributed by atoms with Gasteiger partial charge in [-0.05, 0) is 39.2 Å². The zero-order valence-corrected chi connectivity index (χ0v) is 17.4. The quantitative estimate of drug-likeness (QED) is 0.691. The number of hydrogen-bond acceptors (Lipinski definition) is 7. The maximum absolute atomic E-state index is 12.7. The first-order valence-corrected chi connectivity index (χ1v) is 9.73. The van der Waals surface area contributed by atoms with Crippen LogP contribution in [0.25, 0.3) is 0 Å². The van der Waals surface area contributed by atoms with Crippen molar-refractivity contribution in [1.82, 2.24) is 4.90 Å². The number of benzene rings is 1. The minimum Gasteiger partial charge on any atom is -0.467 e. The minimum atomic E-state index is -1.81. The van der Waals surface area contributed by atoms with Crippen molar-refractivity contribution in [2.45, 2.75) is 70.2 Å². The van der Waals surface area contributed by atoms with Gasteiger partial charge in [-0.1, -0.05) is 30.3 Å². The largest absolute Gasteiger partial charge is 0.467 e. The van der Waals surface area contributed by atoms with Crippen molar-refractivity contribution in [1.29, 1.82) is 0 Å². The topological polar surface area (TPSA) is 106 Å². The molecule has 1 heterocycles. The molecule has 8 nitrogen and oxygen atoms in total. The number of likely N-dealkylation sites (tertiary alicyclic amines) is 1. The van der Waals surface area contributed by atoms with Gasteiger partial charge < -0.3 is 24.4 Å². The number of carbonyl (C=O) groups is 2. The van der Waals surface area contributed by atoms with Gasteiger partial charge in [-0.15, -0.1) is 0 Å². The Morgan fingerprint density at radius 2 is 1.86 bits per heavy atom. The second-order valence-corrected chi connectivity index (χ2v) is 8.10. The zero-order chi connectivity index (χ0) is 21.6. The van der Waals surface area contributed by atoms with Crippen LogP contribution in [0.3, 0.4) is 0 Å². The van der Waals surface area contributed by atoms with Crippen LogP contribution in [-0.2, 0) is 25.6 Å². The second kappa shape index (κ2) is 10.0. The van der Waals surface area contributed by atoms with Crippen molar-refractivity contribution >= 4 is 12.1 Å². The van der Waals surface area contributed by atoms with Gasteiger partial charge >= 0.3 is 12.1 Å². The first-order valence-electron chi connectivity index (χ1n) is 9.73. The highest BCUT2D eigenvalue weighted by molar-refractivity contribution is 5.75. The Morgan fingerprint density at radius 1 is 1.21 bits per heavy atom. The third-order valence-electron chi connectivity index (χ3n) is 4.68. The molecule has 0 bridgehead atoms. The van der Waals surface area contributed by atoms with Crippen molar-refractivity contribution in [2.24, 2.45) is 0 Å². The van der Waals surface area contributed by atoms with Crippen LogP contribution in [0.4, 0.5) is 4.79 Å². The second-order valence-electron chi connectivity index (χ2n) is 8.10. The highest BCUT2D eigenvalue weighted by atomic mass is 16.6. The molecule has 1 aromatic rings. The summed E-state index contributed by atoms with van der Waals surface area (Å²) in [6, 6.07) is 8.52. The summed E-state index contributed by atoms with van der Waals surface area (Å²) >= 11 is 0. The van der Waals surface area contributed by atoms with E-state index in [9.17, 15) is 19.8 Å². The Balaban J connectivity index is 2.24. The fourth-order valence-electron chi connectivity index (χ4n) is 3.33. The van der Waals surface area contributed by atoms with Gasteiger partial charge in [0, 0.05) is 6.54 Å². The fraction of sp³-hybridized carbons (Fsp3) is 0.619. The van der Waals surface area contributed by atoms with Crippen molar-refractivity contribution < 1.29 is 34.0 Å². The number of amides is 1. The summed E-state index contributed by atoms with van der Waals surface area (Å²) in [5, 5.41) is 21.0. The molecular formula is C21H31NO7. The molecule has 1 amide bonds. The third-order valence-corrected chi connectivity index (χ3v) is 4.68. The number of carbonyl (C=O) groups excluding carboxylic acids is 2. The molecule has 1 fully saturated rings. The Hall–Kier alpha value is -2.16. The number of ether oxygens (including phenoxy) is 3. The summed E-state index contributed by atoms with van der Waals surface area (Å²) in [6.45, 7) is 5.81. The van der Waals surface area contributed by atoms with E-state index < -0.39 is 42.0 Å². The molecule has 29 heavy (non-hydrogen) atoms. The predicted octanol–water partition coefficient (Wildman–Crippen LogP) is 1.87. The number of methoxy groups -OCH3 is 1. The first kappa shape index (κ1) is 23.1. The van der Waals surface area contributed by atoms with Gasteiger partial charge in [0.1, 0.15) is 11.7 Å². The number of nitrogens with zero attached hydrogens (tertiary/aromatic N) is 1. The number of hydrogen-bond donors (Lipinski definition) is 2. The smallest absolute Gasteiger partial charge is 0.410 e. The van der Waals surface area contributed by atoms with Crippen LogP contribution in [-0.4, -0.2) is 70.8 Å². The van der Waals surface area contributed by atoms with E-state index in [0.29, 0.717) is 19.4 Å². The summed E-state index contributed by atoms with van der Waals surface area (Å²) in [5.41, 5.74) is 0.203. The zero-order valence-electron chi connectivity index (χ0n) is 17.4. The van der Waals surface area contributed by atoms with Gasteiger partial charge in [-0.3, -0.25) is 4.90 Å². The Kier molecular flexibility index (Phi) is 8.01. The van der Waals surface area contributed by atoms with E-state index in [1.807, 2.05) is 30.3 Å². The van der Waals surface area contributed by atoms with E-state index in [-0.39, 0.29) is 6.61 Å². The van der Waals surface area contributed by atoms with Gasteiger partial charge in [-0.2, -0.15) is 0 Å². The molecule has 4 atom stereocenters. The van der Waals surface area contributed by atoms with E-state index in [4.69, 9.17) is 9.47 Å². The highest BCUT2D eigenvalue weighted by Crippen LogP contribution is 2.27. The van der Waals surface area contributed by atoms with Crippen LogP contribution in [0.15, 0.2) is 30.3 Å². The molecule has 1 aliphatic rings. The molecule has 1 aromatic carbocycles. The Labute approximate surface area is 171 Å². The maximum atomic E-state index is 12.7. The van der Waals surface area contributed by atoms with Crippen molar-refractivity contribution in [2.75, 3.05) is 13.7 Å². The van der Waals surface area contributed by atoms with Crippen LogP contribution in [0.5, 0.6) is 0 Å². The van der Waals surface area contributed by atoms with Crippen molar-refractivity contribution in [3.8, 4) is 0 Å². The molecule has 0 spiro atoms. The lowest BCUT2D eigenvalue weighted by molar-refractivity contribution is -0.166. The lowest BCUT2D eigenvalue weighted by atomic mass is 9.91. The Morgan fingerprint density at radius 3 is 2.45 bits per heavy atom. The number of piperidine rings is 1. The molecule has 8 heteroatoms. The van der Waals surface area contributed by atoms with Gasteiger partial charge in [-0.25, -0.2) is 9.59 Å².